The molecule has 0 spiro atoms. The van der Waals surface area contributed by atoms with E-state index < -0.39 is 0 Å². The molecule has 1 unspecified atom stereocenters. The normalized spacial score (nSPS) is 12.6. The minimum Gasteiger partial charge on any atom is -0.306 e. The number of aromatic nitrogens is 2. The lowest BCUT2D eigenvalue weighted by Gasteiger charge is -2.13. The van der Waals surface area contributed by atoms with E-state index >= 15 is 0 Å². The van der Waals surface area contributed by atoms with Crippen LogP contribution in [0.5, 0.6) is 0 Å². The monoisotopic (exact) mass is 269 g/mol. The summed E-state index contributed by atoms with van der Waals surface area (Å²) in [6.07, 6.45) is 3.68. The number of benzene rings is 1. The predicted octanol–water partition coefficient (Wildman–Crippen LogP) is 3.57. The Kier molecular flexibility index (Phi) is 4.05. The Balaban J connectivity index is 2.00. The van der Waals surface area contributed by atoms with Crippen molar-refractivity contribution in [1.29, 1.82) is 0 Å². The third kappa shape index (κ3) is 3.22. The minimum atomic E-state index is 0.212. The van der Waals surface area contributed by atoms with Crippen molar-refractivity contribution < 1.29 is 0 Å². The van der Waals surface area contributed by atoms with Crippen molar-refractivity contribution in [2.45, 2.75) is 19.5 Å². The lowest BCUT2D eigenvalue weighted by Crippen LogP contribution is -2.17. The van der Waals surface area contributed by atoms with Crippen molar-refractivity contribution in [2.75, 3.05) is 0 Å². The van der Waals surface area contributed by atoms with Crippen LogP contribution in [0.2, 0.25) is 10.0 Å². The largest absolute Gasteiger partial charge is 0.306 e. The van der Waals surface area contributed by atoms with Gasteiger partial charge in [0.05, 0.1) is 6.20 Å². The lowest BCUT2D eigenvalue weighted by atomic mass is 10.1. The fourth-order valence-electron chi connectivity index (χ4n) is 1.56. The molecule has 1 atom stereocenters. The second-order valence-electron chi connectivity index (χ2n) is 3.87. The molecule has 0 bridgehead atoms. The van der Waals surface area contributed by atoms with Gasteiger partial charge in [-0.1, -0.05) is 23.2 Å². The molecule has 1 heterocycles. The van der Waals surface area contributed by atoms with E-state index in [1.54, 1.807) is 12.3 Å². The first-order valence-electron chi connectivity index (χ1n) is 5.33. The first-order chi connectivity index (χ1) is 8.16. The number of aromatic amines is 1. The predicted molar refractivity (Wildman–Crippen MR) is 70.3 cm³/mol. The summed E-state index contributed by atoms with van der Waals surface area (Å²) in [6.45, 7) is 2.75. The molecule has 0 saturated carbocycles. The van der Waals surface area contributed by atoms with Gasteiger partial charge in [0.25, 0.3) is 0 Å². The van der Waals surface area contributed by atoms with E-state index in [9.17, 15) is 0 Å². The Morgan fingerprint density at radius 1 is 1.41 bits per heavy atom. The number of hydrogen-bond donors (Lipinski definition) is 2. The molecule has 2 aromatic rings. The molecular weight excluding hydrogens is 257 g/mol. The maximum absolute atomic E-state index is 6.09. The van der Waals surface area contributed by atoms with Crippen LogP contribution in [0, 0.1) is 0 Å². The standard InChI is InChI=1S/C12H13Cl2N3/c1-8(10-6-16-17-7-10)15-5-9-4-11(13)2-3-12(9)14/h2-4,6-8,15H,5H2,1H3,(H,16,17). The summed E-state index contributed by atoms with van der Waals surface area (Å²) in [7, 11) is 0. The fourth-order valence-corrected chi connectivity index (χ4v) is 1.94. The van der Waals surface area contributed by atoms with Gasteiger partial charge in [-0.3, -0.25) is 5.10 Å². The van der Waals surface area contributed by atoms with E-state index in [0.717, 1.165) is 16.1 Å². The molecular formula is C12H13Cl2N3. The van der Waals surface area contributed by atoms with Crippen LogP contribution in [0.1, 0.15) is 24.1 Å². The fraction of sp³-hybridized carbons (Fsp3) is 0.250. The van der Waals surface area contributed by atoms with Crippen molar-refractivity contribution in [2.24, 2.45) is 0 Å². The van der Waals surface area contributed by atoms with Crippen LogP contribution in [-0.4, -0.2) is 10.2 Å². The number of nitrogens with one attached hydrogen (secondary N) is 2. The highest BCUT2D eigenvalue weighted by molar-refractivity contribution is 6.33. The smallest absolute Gasteiger partial charge is 0.0534 e. The Bertz CT molecular complexity index is 483. The molecule has 1 aromatic heterocycles. The van der Waals surface area contributed by atoms with E-state index in [4.69, 9.17) is 23.2 Å². The van der Waals surface area contributed by atoms with Crippen molar-refractivity contribution >= 4 is 23.2 Å². The first kappa shape index (κ1) is 12.4. The third-order valence-electron chi connectivity index (χ3n) is 2.63. The number of nitrogens with zero attached hydrogens (tertiary/aromatic N) is 1. The van der Waals surface area contributed by atoms with Gasteiger partial charge >= 0.3 is 0 Å². The maximum Gasteiger partial charge on any atom is 0.0534 e. The number of halogens is 2. The molecule has 1 aromatic carbocycles. The highest BCUT2D eigenvalue weighted by Gasteiger charge is 2.07. The van der Waals surface area contributed by atoms with Crippen LogP contribution in [-0.2, 0) is 6.54 Å². The van der Waals surface area contributed by atoms with Crippen LogP contribution in [0.25, 0.3) is 0 Å². The lowest BCUT2D eigenvalue weighted by molar-refractivity contribution is 0.575. The Morgan fingerprint density at radius 2 is 2.24 bits per heavy atom. The molecule has 3 nitrogen and oxygen atoms in total. The van der Waals surface area contributed by atoms with E-state index in [0.29, 0.717) is 11.6 Å². The van der Waals surface area contributed by atoms with Crippen molar-refractivity contribution in [3.05, 3.63) is 51.8 Å². The van der Waals surface area contributed by atoms with Crippen LogP contribution in [0.15, 0.2) is 30.6 Å². The molecule has 2 rings (SSSR count). The molecule has 2 N–H and O–H groups in total. The highest BCUT2D eigenvalue weighted by atomic mass is 35.5. The molecule has 0 radical (unpaired) electrons. The van der Waals surface area contributed by atoms with Gasteiger partial charge in [-0.2, -0.15) is 5.10 Å². The molecule has 0 amide bonds. The molecule has 0 aliphatic carbocycles. The van der Waals surface area contributed by atoms with Crippen LogP contribution in [0.3, 0.4) is 0 Å². The van der Waals surface area contributed by atoms with E-state index in [2.05, 4.69) is 22.4 Å². The maximum atomic E-state index is 6.09. The molecule has 0 aliphatic heterocycles. The Morgan fingerprint density at radius 3 is 2.94 bits per heavy atom. The van der Waals surface area contributed by atoms with Crippen molar-refractivity contribution in [3.63, 3.8) is 0 Å². The summed E-state index contributed by atoms with van der Waals surface area (Å²) in [5.74, 6) is 0. The van der Waals surface area contributed by atoms with Crippen LogP contribution in [0.4, 0.5) is 0 Å². The van der Waals surface area contributed by atoms with E-state index in [1.165, 1.54) is 0 Å². The van der Waals surface area contributed by atoms with Crippen molar-refractivity contribution in [1.82, 2.24) is 15.5 Å². The average molecular weight is 270 g/mol. The number of hydrogen-bond acceptors (Lipinski definition) is 2. The summed E-state index contributed by atoms with van der Waals surface area (Å²) in [6, 6.07) is 5.68. The summed E-state index contributed by atoms with van der Waals surface area (Å²) in [4.78, 5) is 0. The Labute approximate surface area is 110 Å². The van der Waals surface area contributed by atoms with Gasteiger partial charge in [0.1, 0.15) is 0 Å². The SMILES string of the molecule is CC(NCc1cc(Cl)ccc1Cl)c1cn[nH]c1. The first-order valence-corrected chi connectivity index (χ1v) is 6.08. The molecule has 0 aliphatic rings. The molecule has 0 saturated heterocycles. The van der Waals surface area contributed by atoms with Crippen molar-refractivity contribution in [3.8, 4) is 0 Å². The van der Waals surface area contributed by atoms with Gasteiger partial charge < -0.3 is 5.32 Å². The zero-order valence-corrected chi connectivity index (χ0v) is 10.9. The second kappa shape index (κ2) is 5.54. The molecule has 17 heavy (non-hydrogen) atoms. The van der Waals surface area contributed by atoms with Gasteiger partial charge in [-0.15, -0.1) is 0 Å². The van der Waals surface area contributed by atoms with Gasteiger partial charge in [0.2, 0.25) is 0 Å². The third-order valence-corrected chi connectivity index (χ3v) is 3.23. The minimum absolute atomic E-state index is 0.212. The average Bonchev–Trinajstić information content (AvgIpc) is 2.83. The summed E-state index contributed by atoms with van der Waals surface area (Å²) < 4.78 is 0. The summed E-state index contributed by atoms with van der Waals surface area (Å²) in [5.41, 5.74) is 2.11. The van der Waals surface area contributed by atoms with E-state index in [1.807, 2.05) is 18.3 Å². The van der Waals surface area contributed by atoms with Crippen LogP contribution >= 0.6 is 23.2 Å². The van der Waals surface area contributed by atoms with Gasteiger partial charge in [-0.05, 0) is 30.7 Å². The van der Waals surface area contributed by atoms with Gasteiger partial charge in [0, 0.05) is 34.4 Å². The van der Waals surface area contributed by atoms with E-state index in [-0.39, 0.29) is 6.04 Å². The number of rotatable bonds is 4. The number of H-pyrrole nitrogens is 1. The van der Waals surface area contributed by atoms with Gasteiger partial charge in [0.15, 0.2) is 0 Å². The topological polar surface area (TPSA) is 40.7 Å². The highest BCUT2D eigenvalue weighted by Crippen LogP contribution is 2.21. The Hall–Kier alpha value is -1.03. The molecule has 0 fully saturated rings. The summed E-state index contributed by atoms with van der Waals surface area (Å²) in [5, 5.41) is 11.5. The summed E-state index contributed by atoms with van der Waals surface area (Å²) >= 11 is 12.0. The van der Waals surface area contributed by atoms with Gasteiger partial charge in [-0.25, -0.2) is 0 Å². The quantitative estimate of drug-likeness (QED) is 0.891. The zero-order valence-electron chi connectivity index (χ0n) is 9.37. The molecule has 90 valence electrons. The van der Waals surface area contributed by atoms with Crippen LogP contribution < -0.4 is 5.32 Å². The zero-order chi connectivity index (χ0) is 12.3. The second-order valence-corrected chi connectivity index (χ2v) is 4.71. The molecule has 5 heteroatoms.